The summed E-state index contributed by atoms with van der Waals surface area (Å²) in [5.74, 6) is -0.0528. The molecule has 0 radical (unpaired) electrons. The van der Waals surface area contributed by atoms with Crippen LogP contribution in [0.15, 0.2) is 57.9 Å². The van der Waals surface area contributed by atoms with Gasteiger partial charge in [0.2, 0.25) is 5.91 Å². The number of hydrogen-bond donors (Lipinski definition) is 0. The maximum Gasteiger partial charge on any atom is 0.235 e. The Hall–Kier alpha value is -1.53. The summed E-state index contributed by atoms with van der Waals surface area (Å²) < 4.78 is 14.1. The first kappa shape index (κ1) is 18.3. The third-order valence-electron chi connectivity index (χ3n) is 4.26. The molecule has 6 heteroatoms. The molecule has 1 unspecified atom stereocenters. The first-order chi connectivity index (χ1) is 12.0. The molecule has 0 bridgehead atoms. The smallest absolute Gasteiger partial charge is 0.235 e. The SMILES string of the molecule is CC(Sc1ccc(Br)cc1)C(=O)N1CCN(c2ccc(F)cc2)CC1. The van der Waals surface area contributed by atoms with Gasteiger partial charge in [-0.15, -0.1) is 11.8 Å². The number of benzene rings is 2. The fourth-order valence-electron chi connectivity index (χ4n) is 2.86. The van der Waals surface area contributed by atoms with Crippen molar-refractivity contribution in [1.82, 2.24) is 4.90 Å². The molecule has 2 aromatic carbocycles. The van der Waals surface area contributed by atoms with E-state index in [4.69, 9.17) is 0 Å². The van der Waals surface area contributed by atoms with Crippen molar-refractivity contribution < 1.29 is 9.18 Å². The molecular formula is C19H20BrFN2OS. The summed E-state index contributed by atoms with van der Waals surface area (Å²) in [6.07, 6.45) is 0. The summed E-state index contributed by atoms with van der Waals surface area (Å²) >= 11 is 5.01. The number of nitrogens with zero attached hydrogens (tertiary/aromatic N) is 2. The lowest BCUT2D eigenvalue weighted by molar-refractivity contribution is -0.130. The largest absolute Gasteiger partial charge is 0.368 e. The second kappa shape index (κ2) is 8.23. The van der Waals surface area contributed by atoms with E-state index < -0.39 is 0 Å². The highest BCUT2D eigenvalue weighted by atomic mass is 79.9. The number of rotatable bonds is 4. The van der Waals surface area contributed by atoms with E-state index in [-0.39, 0.29) is 17.0 Å². The summed E-state index contributed by atoms with van der Waals surface area (Å²) in [4.78, 5) is 17.9. The van der Waals surface area contributed by atoms with Crippen molar-refractivity contribution in [3.8, 4) is 0 Å². The molecule has 3 rings (SSSR count). The van der Waals surface area contributed by atoms with Crippen LogP contribution in [0.3, 0.4) is 0 Å². The van der Waals surface area contributed by atoms with Gasteiger partial charge in [0, 0.05) is 41.2 Å². The summed E-state index contributed by atoms with van der Waals surface area (Å²) in [5, 5.41) is -0.112. The Morgan fingerprint density at radius 1 is 1.04 bits per heavy atom. The molecular weight excluding hydrogens is 403 g/mol. The molecule has 0 N–H and O–H groups in total. The average Bonchev–Trinajstić information content (AvgIpc) is 2.64. The van der Waals surface area contributed by atoms with Gasteiger partial charge in [-0.1, -0.05) is 15.9 Å². The minimum absolute atomic E-state index is 0.112. The molecule has 25 heavy (non-hydrogen) atoms. The Kier molecular flexibility index (Phi) is 6.02. The summed E-state index contributed by atoms with van der Waals surface area (Å²) in [6.45, 7) is 4.89. The Labute approximate surface area is 160 Å². The zero-order valence-corrected chi connectivity index (χ0v) is 16.4. The van der Waals surface area contributed by atoms with E-state index in [0.717, 1.165) is 28.1 Å². The minimum Gasteiger partial charge on any atom is -0.368 e. The minimum atomic E-state index is -0.226. The Morgan fingerprint density at radius 2 is 1.64 bits per heavy atom. The predicted octanol–water partition coefficient (Wildman–Crippen LogP) is 4.42. The summed E-state index contributed by atoms with van der Waals surface area (Å²) in [6, 6.07) is 14.5. The highest BCUT2D eigenvalue weighted by Gasteiger charge is 2.25. The van der Waals surface area contributed by atoms with Gasteiger partial charge in [0.15, 0.2) is 0 Å². The second-order valence-corrected chi connectivity index (χ2v) is 8.33. The first-order valence-electron chi connectivity index (χ1n) is 8.24. The molecule has 1 fully saturated rings. The van der Waals surface area contributed by atoms with Gasteiger partial charge >= 0.3 is 0 Å². The molecule has 1 aliphatic heterocycles. The van der Waals surface area contributed by atoms with Crippen LogP contribution >= 0.6 is 27.7 Å². The van der Waals surface area contributed by atoms with Gasteiger partial charge in [0.25, 0.3) is 0 Å². The molecule has 0 aliphatic carbocycles. The number of anilines is 1. The van der Waals surface area contributed by atoms with E-state index in [1.54, 1.807) is 23.9 Å². The lowest BCUT2D eigenvalue weighted by Crippen LogP contribution is -2.50. The van der Waals surface area contributed by atoms with Gasteiger partial charge in [-0.2, -0.15) is 0 Å². The van der Waals surface area contributed by atoms with Crippen LogP contribution in [0.2, 0.25) is 0 Å². The molecule has 1 aliphatic rings. The molecule has 0 saturated carbocycles. The van der Waals surface area contributed by atoms with E-state index in [2.05, 4.69) is 20.8 Å². The summed E-state index contributed by atoms with van der Waals surface area (Å²) in [7, 11) is 0. The molecule has 3 nitrogen and oxygen atoms in total. The monoisotopic (exact) mass is 422 g/mol. The van der Waals surface area contributed by atoms with Crippen molar-refractivity contribution in [2.75, 3.05) is 31.1 Å². The number of carbonyl (C=O) groups is 1. The van der Waals surface area contributed by atoms with Crippen molar-refractivity contribution in [2.24, 2.45) is 0 Å². The zero-order chi connectivity index (χ0) is 17.8. The van der Waals surface area contributed by atoms with Gasteiger partial charge in [0.1, 0.15) is 5.82 Å². The molecule has 1 atom stereocenters. The molecule has 1 saturated heterocycles. The van der Waals surface area contributed by atoms with E-state index in [1.165, 1.54) is 12.1 Å². The van der Waals surface area contributed by atoms with E-state index in [9.17, 15) is 9.18 Å². The number of hydrogen-bond acceptors (Lipinski definition) is 3. The number of thioether (sulfide) groups is 1. The van der Waals surface area contributed by atoms with Crippen molar-refractivity contribution in [2.45, 2.75) is 17.1 Å². The highest BCUT2D eigenvalue weighted by molar-refractivity contribution is 9.10. The number of amides is 1. The first-order valence-corrected chi connectivity index (χ1v) is 9.92. The third-order valence-corrected chi connectivity index (χ3v) is 5.89. The number of carbonyl (C=O) groups excluding carboxylic acids is 1. The van der Waals surface area contributed by atoms with Gasteiger partial charge in [-0.25, -0.2) is 4.39 Å². The van der Waals surface area contributed by atoms with Crippen LogP contribution in [0.25, 0.3) is 0 Å². The predicted molar refractivity (Wildman–Crippen MR) is 105 cm³/mol. The topological polar surface area (TPSA) is 23.6 Å². The molecule has 132 valence electrons. The Morgan fingerprint density at radius 3 is 2.24 bits per heavy atom. The van der Waals surface area contributed by atoms with Gasteiger partial charge in [-0.3, -0.25) is 4.79 Å². The Balaban J connectivity index is 1.53. The fraction of sp³-hybridized carbons (Fsp3) is 0.316. The maximum atomic E-state index is 13.0. The Bertz CT molecular complexity index is 715. The van der Waals surface area contributed by atoms with Crippen LogP contribution in [0.4, 0.5) is 10.1 Å². The van der Waals surface area contributed by atoms with Crippen LogP contribution in [-0.2, 0) is 4.79 Å². The van der Waals surface area contributed by atoms with Gasteiger partial charge < -0.3 is 9.80 Å². The van der Waals surface area contributed by atoms with E-state index in [1.807, 2.05) is 36.1 Å². The summed E-state index contributed by atoms with van der Waals surface area (Å²) in [5.41, 5.74) is 1.01. The third kappa shape index (κ3) is 4.76. The van der Waals surface area contributed by atoms with Crippen LogP contribution in [0.1, 0.15) is 6.92 Å². The lowest BCUT2D eigenvalue weighted by Gasteiger charge is -2.37. The fourth-order valence-corrected chi connectivity index (χ4v) is 4.08. The van der Waals surface area contributed by atoms with Crippen molar-refractivity contribution >= 4 is 39.3 Å². The van der Waals surface area contributed by atoms with Crippen LogP contribution in [0.5, 0.6) is 0 Å². The molecule has 1 amide bonds. The quantitative estimate of drug-likeness (QED) is 0.681. The van der Waals surface area contributed by atoms with Gasteiger partial charge in [-0.05, 0) is 55.5 Å². The maximum absolute atomic E-state index is 13.0. The number of piperazine rings is 1. The normalized spacial score (nSPS) is 16.0. The van der Waals surface area contributed by atoms with Crippen LogP contribution in [-0.4, -0.2) is 42.2 Å². The van der Waals surface area contributed by atoms with Crippen molar-refractivity contribution in [1.29, 1.82) is 0 Å². The zero-order valence-electron chi connectivity index (χ0n) is 14.0. The van der Waals surface area contributed by atoms with Crippen molar-refractivity contribution in [3.05, 3.63) is 58.8 Å². The number of halogens is 2. The van der Waals surface area contributed by atoms with Crippen LogP contribution in [0, 0.1) is 5.82 Å². The molecule has 1 heterocycles. The molecule has 2 aromatic rings. The lowest BCUT2D eigenvalue weighted by atomic mass is 10.2. The highest BCUT2D eigenvalue weighted by Crippen LogP contribution is 2.26. The molecule has 0 aromatic heterocycles. The standard InChI is InChI=1S/C19H20BrFN2OS/c1-14(25-18-8-2-15(20)3-9-18)19(24)23-12-10-22(11-13-23)17-6-4-16(21)5-7-17/h2-9,14H,10-13H2,1H3. The van der Waals surface area contributed by atoms with E-state index in [0.29, 0.717) is 13.1 Å². The van der Waals surface area contributed by atoms with Gasteiger partial charge in [0.05, 0.1) is 5.25 Å². The molecule has 0 spiro atoms. The van der Waals surface area contributed by atoms with E-state index >= 15 is 0 Å². The second-order valence-electron chi connectivity index (χ2n) is 6.00. The van der Waals surface area contributed by atoms with Crippen molar-refractivity contribution in [3.63, 3.8) is 0 Å². The van der Waals surface area contributed by atoms with Crippen LogP contribution < -0.4 is 4.90 Å². The average molecular weight is 423 g/mol.